The van der Waals surface area contributed by atoms with Gasteiger partial charge in [-0.05, 0) is 30.7 Å². The fourth-order valence-corrected chi connectivity index (χ4v) is 5.44. The Morgan fingerprint density at radius 3 is 2.84 bits per heavy atom. The fourth-order valence-electron chi connectivity index (χ4n) is 4.41. The van der Waals surface area contributed by atoms with Crippen LogP contribution in [-0.4, -0.2) is 47.5 Å². The Hall–Kier alpha value is -2.74. The Morgan fingerprint density at radius 2 is 2.06 bits per heavy atom. The number of carbonyl (C=O) groups excluding carboxylic acids is 1. The number of carbonyl (C=O) groups is 1. The Balaban J connectivity index is 1.48. The van der Waals surface area contributed by atoms with E-state index in [1.807, 2.05) is 11.8 Å². The topological polar surface area (TPSA) is 70.2 Å². The third kappa shape index (κ3) is 4.28. The first-order chi connectivity index (χ1) is 15.5. The highest BCUT2D eigenvalue weighted by Gasteiger charge is 2.38. The number of nitrogens with one attached hydrogen (secondary N) is 2. The molecule has 163 valence electrons. The summed E-state index contributed by atoms with van der Waals surface area (Å²) in [5.41, 5.74) is 3.19. The van der Waals surface area contributed by atoms with Gasteiger partial charge in [0.15, 0.2) is 0 Å². The smallest absolute Gasteiger partial charge is 0.228 e. The number of aromatic nitrogens is 2. The van der Waals surface area contributed by atoms with Crippen LogP contribution in [0.1, 0.15) is 18.1 Å². The second kappa shape index (κ2) is 8.66. The molecule has 2 aromatic carbocycles. The Kier molecular flexibility index (Phi) is 5.72. The van der Waals surface area contributed by atoms with Crippen LogP contribution in [0, 0.1) is 6.92 Å². The second-order valence-electron chi connectivity index (χ2n) is 8.78. The second-order valence-corrected chi connectivity index (χ2v) is 9.92. The van der Waals surface area contributed by atoms with Gasteiger partial charge in [-0.1, -0.05) is 42.5 Å². The van der Waals surface area contributed by atoms with Crippen LogP contribution in [0.2, 0.25) is 12.6 Å². The maximum absolute atomic E-state index is 11.7. The van der Waals surface area contributed by atoms with Gasteiger partial charge in [-0.2, -0.15) is 4.98 Å². The first kappa shape index (κ1) is 21.1. The average Bonchev–Trinajstić information content (AvgIpc) is 2.97. The van der Waals surface area contributed by atoms with E-state index in [9.17, 15) is 4.79 Å². The van der Waals surface area contributed by atoms with E-state index in [0.29, 0.717) is 6.54 Å². The van der Waals surface area contributed by atoms with E-state index < -0.39 is 0 Å². The molecule has 1 aromatic heterocycles. The molecule has 3 aromatic rings. The first-order valence-electron chi connectivity index (χ1n) is 11.1. The molecule has 32 heavy (non-hydrogen) atoms. The van der Waals surface area contributed by atoms with Gasteiger partial charge < -0.3 is 15.5 Å². The van der Waals surface area contributed by atoms with Crippen molar-refractivity contribution in [3.05, 3.63) is 53.6 Å². The van der Waals surface area contributed by atoms with Gasteiger partial charge in [-0.15, -0.1) is 11.8 Å². The minimum absolute atomic E-state index is 0.00436. The fraction of sp³-hybridized carbons (Fsp3) is 0.375. The minimum Gasteiger partial charge on any atom is -0.367 e. The number of fused-ring (bicyclic) bond motifs is 2. The summed E-state index contributed by atoms with van der Waals surface area (Å²) in [5.74, 6) is 2.58. The van der Waals surface area contributed by atoms with E-state index in [1.54, 1.807) is 6.92 Å². The molecule has 1 fully saturated rings. The largest absolute Gasteiger partial charge is 0.367 e. The van der Waals surface area contributed by atoms with Gasteiger partial charge in [0, 0.05) is 48.1 Å². The number of hydrogen-bond donors (Lipinski definition) is 2. The van der Waals surface area contributed by atoms with Crippen molar-refractivity contribution in [2.75, 3.05) is 29.1 Å². The van der Waals surface area contributed by atoms with Gasteiger partial charge in [0.1, 0.15) is 13.1 Å². The number of thioether (sulfide) groups is 1. The Morgan fingerprint density at radius 1 is 1.22 bits per heavy atom. The zero-order valence-corrected chi connectivity index (χ0v) is 19.3. The molecule has 2 aliphatic rings. The van der Waals surface area contributed by atoms with Crippen molar-refractivity contribution in [1.29, 1.82) is 0 Å². The molecule has 1 amide bonds. The summed E-state index contributed by atoms with van der Waals surface area (Å²) in [4.78, 5) is 25.3. The summed E-state index contributed by atoms with van der Waals surface area (Å²) in [5, 5.41) is 7.70. The molecule has 0 atom stereocenters. The molecule has 2 aliphatic heterocycles. The maximum Gasteiger partial charge on any atom is 0.228 e. The zero-order chi connectivity index (χ0) is 22.1. The van der Waals surface area contributed by atoms with Crippen molar-refractivity contribution < 1.29 is 4.79 Å². The molecule has 6 nitrogen and oxygen atoms in total. The van der Waals surface area contributed by atoms with Crippen LogP contribution in [0.5, 0.6) is 0 Å². The molecule has 2 N–H and O–H groups in total. The van der Waals surface area contributed by atoms with Crippen LogP contribution in [-0.2, 0) is 11.3 Å². The number of benzene rings is 2. The van der Waals surface area contributed by atoms with Crippen molar-refractivity contribution in [2.45, 2.75) is 43.5 Å². The third-order valence-corrected chi connectivity index (χ3v) is 7.28. The van der Waals surface area contributed by atoms with Crippen LogP contribution in [0.3, 0.4) is 0 Å². The van der Waals surface area contributed by atoms with Crippen molar-refractivity contribution in [3.63, 3.8) is 0 Å². The number of hydrogen-bond acceptors (Lipinski definition) is 6. The lowest BCUT2D eigenvalue weighted by Gasteiger charge is -2.42. The number of aryl methyl sites for hydroxylation is 1. The van der Waals surface area contributed by atoms with Gasteiger partial charge in [-0.25, -0.2) is 4.98 Å². The summed E-state index contributed by atoms with van der Waals surface area (Å²) in [6.07, 6.45) is 1.74. The predicted molar refractivity (Wildman–Crippen MR) is 133 cm³/mol. The van der Waals surface area contributed by atoms with Gasteiger partial charge in [0.25, 0.3) is 0 Å². The lowest BCUT2D eigenvalue weighted by atomic mass is 9.46. The van der Waals surface area contributed by atoms with Crippen LogP contribution >= 0.6 is 11.8 Å². The molecular formula is C24H27BN5OS. The molecule has 0 spiro atoms. The van der Waals surface area contributed by atoms with Gasteiger partial charge in [-0.3, -0.25) is 4.79 Å². The monoisotopic (exact) mass is 444 g/mol. The van der Waals surface area contributed by atoms with Gasteiger partial charge in [0.2, 0.25) is 11.9 Å². The predicted octanol–water partition coefficient (Wildman–Crippen LogP) is 3.89. The lowest BCUT2D eigenvalue weighted by Crippen LogP contribution is -2.59. The highest BCUT2D eigenvalue weighted by molar-refractivity contribution is 7.99. The van der Waals surface area contributed by atoms with Crippen LogP contribution in [0.25, 0.3) is 10.9 Å². The number of rotatable bonds is 5. The van der Waals surface area contributed by atoms with E-state index in [2.05, 4.69) is 72.2 Å². The van der Waals surface area contributed by atoms with E-state index >= 15 is 0 Å². The van der Waals surface area contributed by atoms with E-state index in [0.717, 1.165) is 54.2 Å². The molecule has 0 saturated carbocycles. The van der Waals surface area contributed by atoms with Crippen molar-refractivity contribution in [2.24, 2.45) is 0 Å². The number of anilines is 2. The number of amides is 1. The summed E-state index contributed by atoms with van der Waals surface area (Å²) >= 11 is 1.89. The molecule has 5 rings (SSSR count). The molecule has 1 saturated heterocycles. The maximum atomic E-state index is 11.7. The molecule has 1 radical (unpaired) electrons. The van der Waals surface area contributed by atoms with E-state index in [-0.39, 0.29) is 11.4 Å². The minimum atomic E-state index is -0.231. The highest BCUT2D eigenvalue weighted by Crippen LogP contribution is 2.32. The summed E-state index contributed by atoms with van der Waals surface area (Å²) in [7, 11) is 2.21. The summed E-state index contributed by atoms with van der Waals surface area (Å²) in [6, 6.07) is 14.9. The van der Waals surface area contributed by atoms with E-state index in [4.69, 9.17) is 9.97 Å². The molecule has 0 aliphatic carbocycles. The molecule has 0 bridgehead atoms. The molecule has 0 unspecified atom stereocenters. The Labute approximate surface area is 193 Å². The van der Waals surface area contributed by atoms with Gasteiger partial charge >= 0.3 is 0 Å². The SMILES string of the molecule is CC(=O)NC1(CNc2nc(N3CCSc4ccccc4C3)nc3ccc(C)cc23)C[B]C1. The van der Waals surface area contributed by atoms with Crippen LogP contribution < -0.4 is 15.5 Å². The zero-order valence-electron chi connectivity index (χ0n) is 18.5. The molecular weight excluding hydrogens is 417 g/mol. The lowest BCUT2D eigenvalue weighted by molar-refractivity contribution is -0.120. The quantitative estimate of drug-likeness (QED) is 0.582. The molecule has 3 heterocycles. The van der Waals surface area contributed by atoms with Crippen molar-refractivity contribution in [3.8, 4) is 0 Å². The Bertz CT molecular complexity index is 1170. The number of nitrogens with zero attached hydrogens (tertiary/aromatic N) is 3. The van der Waals surface area contributed by atoms with Crippen LogP contribution in [0.15, 0.2) is 47.4 Å². The molecule has 8 heteroatoms. The first-order valence-corrected chi connectivity index (χ1v) is 12.1. The normalized spacial score (nSPS) is 17.0. The third-order valence-electron chi connectivity index (χ3n) is 6.18. The summed E-state index contributed by atoms with van der Waals surface area (Å²) in [6.45, 7) is 5.99. The average molecular weight is 444 g/mol. The van der Waals surface area contributed by atoms with E-state index in [1.165, 1.54) is 16.0 Å². The standard InChI is InChI=1S/C24H27BN5OS/c1-16-7-8-20-19(11-16)22(26-15-24(13-25-14-24)29-17(2)31)28-23(27-20)30-9-10-32-21-6-4-3-5-18(21)12-30/h3-8,11H,9-10,12-15H2,1-2H3,(H,29,31)(H,26,27,28). The van der Waals surface area contributed by atoms with Gasteiger partial charge in [0.05, 0.1) is 5.52 Å². The summed E-state index contributed by atoms with van der Waals surface area (Å²) < 4.78 is 0. The van der Waals surface area contributed by atoms with Crippen LogP contribution in [0.4, 0.5) is 11.8 Å². The highest BCUT2D eigenvalue weighted by atomic mass is 32.2. The van der Waals surface area contributed by atoms with Crippen molar-refractivity contribution >= 4 is 47.6 Å². The van der Waals surface area contributed by atoms with Crippen molar-refractivity contribution in [1.82, 2.24) is 15.3 Å².